The van der Waals surface area contributed by atoms with E-state index in [4.69, 9.17) is 10.00 Å². The lowest BCUT2D eigenvalue weighted by molar-refractivity contribution is -0.671. The second-order valence-electron chi connectivity index (χ2n) is 3.37. The van der Waals surface area contributed by atoms with Crippen LogP contribution in [0.2, 0.25) is 0 Å². The lowest BCUT2D eigenvalue weighted by atomic mass is 10.3. The van der Waals surface area contributed by atoms with Crippen LogP contribution in [0.3, 0.4) is 0 Å². The Morgan fingerprint density at radius 3 is 2.47 bits per heavy atom. The van der Waals surface area contributed by atoms with Crippen molar-refractivity contribution in [2.24, 2.45) is 7.05 Å². The fraction of sp³-hybridized carbons (Fsp3) is 0.444. The number of carbonyl (C=O) groups is 1. The fourth-order valence-electron chi connectivity index (χ4n) is 1.01. The van der Waals surface area contributed by atoms with Gasteiger partial charge in [-0.25, -0.2) is 9.13 Å². The number of imidazole rings is 1. The molecule has 0 aromatic carbocycles. The molecular weight excluding hydrogens is 269 g/mol. The number of nitrogens with zero attached hydrogens (tertiary/aromatic N) is 3. The first-order chi connectivity index (χ1) is 8.72. The molecular formula is C9H12BF4N3O2. The maximum absolute atomic E-state index is 10.8. The SMILES string of the molecule is C[n+]1ccn(CCOC(=O)CC#N)c1.F[B-](F)(F)F. The molecule has 0 aliphatic carbocycles. The summed E-state index contributed by atoms with van der Waals surface area (Å²) in [5.41, 5.74) is 0. The Kier molecular flexibility index (Phi) is 7.25. The number of ether oxygens (including phenoxy) is 1. The molecule has 5 nitrogen and oxygen atoms in total. The number of hydrogen-bond donors (Lipinski definition) is 0. The summed E-state index contributed by atoms with van der Waals surface area (Å²) in [7, 11) is -4.09. The molecule has 1 aromatic heterocycles. The van der Waals surface area contributed by atoms with E-state index in [1.165, 1.54) is 0 Å². The highest BCUT2D eigenvalue weighted by molar-refractivity contribution is 6.50. The number of nitriles is 1. The maximum atomic E-state index is 10.8. The van der Waals surface area contributed by atoms with Crippen molar-refractivity contribution in [2.75, 3.05) is 6.61 Å². The first-order valence-corrected chi connectivity index (χ1v) is 5.13. The minimum atomic E-state index is -6.00. The minimum absolute atomic E-state index is 0.181. The van der Waals surface area contributed by atoms with Crippen molar-refractivity contribution in [3.8, 4) is 6.07 Å². The zero-order chi connectivity index (χ0) is 14.9. The minimum Gasteiger partial charge on any atom is -0.461 e. The lowest BCUT2D eigenvalue weighted by Gasteiger charge is -1.98. The van der Waals surface area contributed by atoms with Crippen molar-refractivity contribution in [2.45, 2.75) is 13.0 Å². The standard InChI is InChI=1S/C9H12N3O2.BF4/c1-11-4-5-12(8-11)6-7-14-9(13)2-3-10;2-1(3,4)5/h4-5,8H,2,6-7H2,1H3;/q+1;-1. The number of esters is 1. The molecule has 0 fully saturated rings. The summed E-state index contributed by atoms with van der Waals surface area (Å²) in [6, 6.07) is 1.73. The van der Waals surface area contributed by atoms with Crippen LogP contribution in [0.1, 0.15) is 6.42 Å². The third-order valence-electron chi connectivity index (χ3n) is 1.66. The van der Waals surface area contributed by atoms with Crippen LogP contribution >= 0.6 is 0 Å². The van der Waals surface area contributed by atoms with Crippen LogP contribution in [0, 0.1) is 11.3 Å². The van der Waals surface area contributed by atoms with Gasteiger partial charge < -0.3 is 22.0 Å². The normalized spacial score (nSPS) is 10.1. The van der Waals surface area contributed by atoms with Crippen LogP contribution < -0.4 is 4.57 Å². The number of aromatic nitrogens is 2. The van der Waals surface area contributed by atoms with Crippen LogP contribution in [0.15, 0.2) is 18.7 Å². The van der Waals surface area contributed by atoms with Gasteiger partial charge in [0.2, 0.25) is 6.33 Å². The average Bonchev–Trinajstić information content (AvgIpc) is 2.62. The number of halogens is 4. The summed E-state index contributed by atoms with van der Waals surface area (Å²) in [5.74, 6) is -0.468. The fourth-order valence-corrected chi connectivity index (χ4v) is 1.01. The Morgan fingerprint density at radius 1 is 1.47 bits per heavy atom. The van der Waals surface area contributed by atoms with Gasteiger partial charge in [-0.2, -0.15) is 5.26 Å². The van der Waals surface area contributed by atoms with Crippen molar-refractivity contribution in [1.82, 2.24) is 4.57 Å². The quantitative estimate of drug-likeness (QED) is 0.359. The third-order valence-corrected chi connectivity index (χ3v) is 1.66. The monoisotopic (exact) mass is 281 g/mol. The Labute approximate surface area is 107 Å². The smallest absolute Gasteiger partial charge is 0.461 e. The molecule has 19 heavy (non-hydrogen) atoms. The Morgan fingerprint density at radius 2 is 2.05 bits per heavy atom. The van der Waals surface area contributed by atoms with Gasteiger partial charge in [0, 0.05) is 0 Å². The molecule has 0 atom stereocenters. The lowest BCUT2D eigenvalue weighted by Crippen LogP contribution is -2.24. The van der Waals surface area contributed by atoms with Crippen molar-refractivity contribution >= 4 is 13.2 Å². The summed E-state index contributed by atoms with van der Waals surface area (Å²) in [5, 5.41) is 8.20. The molecule has 0 aliphatic heterocycles. The topological polar surface area (TPSA) is 58.9 Å². The van der Waals surface area contributed by atoms with Crippen molar-refractivity contribution in [3.63, 3.8) is 0 Å². The van der Waals surface area contributed by atoms with Gasteiger partial charge >= 0.3 is 13.2 Å². The van der Waals surface area contributed by atoms with E-state index in [-0.39, 0.29) is 6.42 Å². The number of aryl methyl sites for hydroxylation is 1. The van der Waals surface area contributed by atoms with E-state index in [9.17, 15) is 22.1 Å². The van der Waals surface area contributed by atoms with Gasteiger partial charge in [-0.3, -0.25) is 4.79 Å². The Balaban J connectivity index is 0.000000555. The van der Waals surface area contributed by atoms with Gasteiger partial charge in [0.25, 0.3) is 0 Å². The molecule has 0 radical (unpaired) electrons. The molecule has 10 heteroatoms. The second-order valence-corrected chi connectivity index (χ2v) is 3.37. The molecule has 0 unspecified atom stereocenters. The van der Waals surface area contributed by atoms with Crippen LogP contribution in [0.4, 0.5) is 17.3 Å². The van der Waals surface area contributed by atoms with Gasteiger partial charge in [-0.1, -0.05) is 0 Å². The molecule has 0 spiro atoms. The predicted molar refractivity (Wildman–Crippen MR) is 57.0 cm³/mol. The highest BCUT2D eigenvalue weighted by Crippen LogP contribution is 2.06. The summed E-state index contributed by atoms with van der Waals surface area (Å²) >= 11 is 0. The van der Waals surface area contributed by atoms with Gasteiger partial charge in [0.15, 0.2) is 0 Å². The van der Waals surface area contributed by atoms with Crippen LogP contribution in [-0.2, 0) is 23.1 Å². The van der Waals surface area contributed by atoms with Crippen LogP contribution in [-0.4, -0.2) is 24.4 Å². The predicted octanol–water partition coefficient (Wildman–Crippen LogP) is 1.07. The van der Waals surface area contributed by atoms with Gasteiger partial charge in [0.1, 0.15) is 32.0 Å². The van der Waals surface area contributed by atoms with Gasteiger partial charge in [-0.15, -0.1) is 0 Å². The van der Waals surface area contributed by atoms with E-state index < -0.39 is 13.2 Å². The van der Waals surface area contributed by atoms with Crippen LogP contribution in [0.5, 0.6) is 0 Å². The average molecular weight is 281 g/mol. The Hall–Kier alpha value is -2.05. The molecule has 1 aromatic rings. The van der Waals surface area contributed by atoms with E-state index >= 15 is 0 Å². The van der Waals surface area contributed by atoms with Gasteiger partial charge in [-0.05, 0) is 0 Å². The maximum Gasteiger partial charge on any atom is 0.673 e. The molecule has 1 rings (SSSR count). The first-order valence-electron chi connectivity index (χ1n) is 5.13. The second kappa shape index (κ2) is 8.13. The summed E-state index contributed by atoms with van der Waals surface area (Å²) in [6.07, 6.45) is 5.49. The highest BCUT2D eigenvalue weighted by Gasteiger charge is 2.20. The van der Waals surface area contributed by atoms with Crippen LogP contribution in [0.25, 0.3) is 0 Å². The number of hydrogen-bond acceptors (Lipinski definition) is 3. The zero-order valence-electron chi connectivity index (χ0n) is 10.1. The molecule has 0 amide bonds. The third kappa shape index (κ3) is 12.2. The van der Waals surface area contributed by atoms with E-state index in [0.29, 0.717) is 13.2 Å². The van der Waals surface area contributed by atoms with Crippen molar-refractivity contribution in [3.05, 3.63) is 18.7 Å². The van der Waals surface area contributed by atoms with E-state index in [0.717, 1.165) is 0 Å². The molecule has 106 valence electrons. The molecule has 0 saturated heterocycles. The molecule has 1 heterocycles. The molecule has 0 aliphatic rings. The summed E-state index contributed by atoms with van der Waals surface area (Å²) in [4.78, 5) is 10.8. The van der Waals surface area contributed by atoms with Crippen molar-refractivity contribution < 1.29 is 31.4 Å². The molecule has 0 bridgehead atoms. The van der Waals surface area contributed by atoms with E-state index in [1.807, 2.05) is 34.9 Å². The highest BCUT2D eigenvalue weighted by atomic mass is 19.5. The van der Waals surface area contributed by atoms with E-state index in [2.05, 4.69) is 0 Å². The number of rotatable bonds is 4. The zero-order valence-corrected chi connectivity index (χ0v) is 10.1. The van der Waals surface area contributed by atoms with Crippen molar-refractivity contribution in [1.29, 1.82) is 5.26 Å². The Bertz CT molecular complexity index is 435. The largest absolute Gasteiger partial charge is 0.673 e. The summed E-state index contributed by atoms with van der Waals surface area (Å²) in [6.45, 7) is 0.910. The summed E-state index contributed by atoms with van der Waals surface area (Å²) < 4.78 is 47.6. The molecule has 0 saturated carbocycles. The number of carbonyl (C=O) groups excluding carboxylic acids is 1. The first kappa shape index (κ1) is 17.0. The molecule has 0 N–H and O–H groups in total. The van der Waals surface area contributed by atoms with E-state index in [1.54, 1.807) is 6.07 Å². The van der Waals surface area contributed by atoms with Gasteiger partial charge in [0.05, 0.1) is 13.1 Å².